The fourth-order valence-electron chi connectivity index (χ4n) is 7.27. The number of benzene rings is 4. The molecule has 2 fully saturated rings. The van der Waals surface area contributed by atoms with Crippen molar-refractivity contribution < 1.29 is 0 Å². The molecule has 0 amide bonds. The molecule has 0 aromatic heterocycles. The highest BCUT2D eigenvalue weighted by Gasteiger charge is 2.40. The topological polar surface area (TPSA) is 12.0 Å². The van der Waals surface area contributed by atoms with Crippen LogP contribution >= 0.6 is 0 Å². The Morgan fingerprint density at radius 2 is 1.34 bits per heavy atom. The van der Waals surface area contributed by atoms with Gasteiger partial charge in [0.1, 0.15) is 0 Å². The van der Waals surface area contributed by atoms with Crippen molar-refractivity contribution in [2.24, 2.45) is 11.8 Å². The summed E-state index contributed by atoms with van der Waals surface area (Å²) in [6, 6.07) is 33.9. The van der Waals surface area contributed by atoms with Crippen LogP contribution in [0.1, 0.15) is 62.1 Å². The molecular weight excluding hydrogens is 422 g/mol. The van der Waals surface area contributed by atoms with Gasteiger partial charge in [-0.15, -0.1) is 0 Å². The summed E-state index contributed by atoms with van der Waals surface area (Å²) in [6.45, 7) is 4.66. The van der Waals surface area contributed by atoms with Crippen molar-refractivity contribution in [1.82, 2.24) is 0 Å². The van der Waals surface area contributed by atoms with E-state index in [1.165, 1.54) is 59.1 Å². The number of fused-ring (bicyclic) bond motifs is 5. The molecular formula is C34H33N. The van der Waals surface area contributed by atoms with Crippen molar-refractivity contribution >= 4 is 11.4 Å². The summed E-state index contributed by atoms with van der Waals surface area (Å²) in [5.41, 5.74) is 12.0. The van der Waals surface area contributed by atoms with Gasteiger partial charge in [0, 0.05) is 16.8 Å². The molecule has 0 aliphatic heterocycles. The summed E-state index contributed by atoms with van der Waals surface area (Å²) in [5, 5.41) is 3.64. The average molecular weight is 456 g/mol. The molecule has 0 heterocycles. The summed E-state index contributed by atoms with van der Waals surface area (Å²) in [7, 11) is 0. The van der Waals surface area contributed by atoms with E-state index in [0.717, 1.165) is 29.1 Å². The van der Waals surface area contributed by atoms with Crippen LogP contribution in [0, 0.1) is 11.8 Å². The van der Waals surface area contributed by atoms with Crippen molar-refractivity contribution in [2.75, 3.05) is 5.32 Å². The third-order valence-corrected chi connectivity index (χ3v) is 9.17. The van der Waals surface area contributed by atoms with Crippen molar-refractivity contribution in [2.45, 2.75) is 50.9 Å². The predicted molar refractivity (Wildman–Crippen MR) is 147 cm³/mol. The predicted octanol–water partition coefficient (Wildman–Crippen LogP) is 9.31. The molecule has 3 unspecified atom stereocenters. The van der Waals surface area contributed by atoms with Crippen LogP contribution in [0.2, 0.25) is 0 Å². The fourth-order valence-corrected chi connectivity index (χ4v) is 7.27. The molecule has 4 aromatic carbocycles. The molecule has 0 saturated heterocycles. The van der Waals surface area contributed by atoms with E-state index in [-0.39, 0.29) is 5.41 Å². The Morgan fingerprint density at radius 1 is 0.657 bits per heavy atom. The largest absolute Gasteiger partial charge is 0.356 e. The smallest absolute Gasteiger partial charge is 0.0387 e. The minimum atomic E-state index is 0.0255. The lowest BCUT2D eigenvalue weighted by atomic mass is 9.82. The number of anilines is 2. The van der Waals surface area contributed by atoms with Gasteiger partial charge in [-0.05, 0) is 100 Å². The molecule has 4 aromatic rings. The monoisotopic (exact) mass is 455 g/mol. The molecule has 174 valence electrons. The molecule has 1 heteroatoms. The first-order chi connectivity index (χ1) is 17.1. The summed E-state index contributed by atoms with van der Waals surface area (Å²) in [5.74, 6) is 2.74. The zero-order valence-electron chi connectivity index (χ0n) is 20.7. The van der Waals surface area contributed by atoms with E-state index in [0.29, 0.717) is 0 Å². The average Bonchev–Trinajstić information content (AvgIpc) is 3.58. The molecule has 35 heavy (non-hydrogen) atoms. The lowest BCUT2D eigenvalue weighted by Crippen LogP contribution is -2.15. The van der Waals surface area contributed by atoms with Gasteiger partial charge in [-0.1, -0.05) is 87.0 Å². The Bertz CT molecular complexity index is 1390. The molecule has 1 N–H and O–H groups in total. The van der Waals surface area contributed by atoms with Crippen LogP contribution < -0.4 is 5.32 Å². The van der Waals surface area contributed by atoms with Gasteiger partial charge < -0.3 is 5.32 Å². The maximum Gasteiger partial charge on any atom is 0.0387 e. The Labute approximate surface area is 209 Å². The molecule has 7 rings (SSSR count). The van der Waals surface area contributed by atoms with E-state index in [2.05, 4.69) is 110 Å². The summed E-state index contributed by atoms with van der Waals surface area (Å²) < 4.78 is 0. The van der Waals surface area contributed by atoms with Crippen molar-refractivity contribution in [3.05, 3.63) is 108 Å². The Morgan fingerprint density at radius 3 is 2.06 bits per heavy atom. The molecule has 3 aliphatic carbocycles. The fraction of sp³-hybridized carbons (Fsp3) is 0.294. The molecule has 2 saturated carbocycles. The highest BCUT2D eigenvalue weighted by Crippen LogP contribution is 2.53. The van der Waals surface area contributed by atoms with Crippen LogP contribution in [0.4, 0.5) is 11.4 Å². The Balaban J connectivity index is 1.09. The second kappa shape index (κ2) is 7.85. The molecule has 0 radical (unpaired) electrons. The van der Waals surface area contributed by atoms with Crippen molar-refractivity contribution in [3.63, 3.8) is 0 Å². The SMILES string of the molecule is CC1(C)c2ccccc2-c2ccc(Nc3ccc(-c4ccc(C5CC6CCC5C6)cc4)cc3)cc21. The minimum Gasteiger partial charge on any atom is -0.356 e. The maximum absolute atomic E-state index is 3.64. The van der Waals surface area contributed by atoms with Crippen LogP contribution in [-0.4, -0.2) is 0 Å². The van der Waals surface area contributed by atoms with E-state index < -0.39 is 0 Å². The first-order valence-electron chi connectivity index (χ1n) is 13.3. The molecule has 3 atom stereocenters. The molecule has 1 nitrogen and oxygen atoms in total. The zero-order chi connectivity index (χ0) is 23.6. The first kappa shape index (κ1) is 21.0. The highest BCUT2D eigenvalue weighted by molar-refractivity contribution is 5.83. The van der Waals surface area contributed by atoms with E-state index in [9.17, 15) is 0 Å². The van der Waals surface area contributed by atoms with Gasteiger partial charge in [-0.2, -0.15) is 0 Å². The van der Waals surface area contributed by atoms with Gasteiger partial charge in [0.05, 0.1) is 0 Å². The van der Waals surface area contributed by atoms with Gasteiger partial charge in [-0.25, -0.2) is 0 Å². The van der Waals surface area contributed by atoms with Crippen LogP contribution in [-0.2, 0) is 5.41 Å². The normalized spacial score (nSPS) is 23.2. The van der Waals surface area contributed by atoms with E-state index in [1.807, 2.05) is 0 Å². The highest BCUT2D eigenvalue weighted by atomic mass is 14.9. The number of nitrogens with one attached hydrogen (secondary N) is 1. The summed E-state index contributed by atoms with van der Waals surface area (Å²) in [6.07, 6.45) is 5.79. The Kier molecular flexibility index (Phi) is 4.71. The van der Waals surface area contributed by atoms with Crippen LogP contribution in [0.15, 0.2) is 91.0 Å². The van der Waals surface area contributed by atoms with E-state index in [4.69, 9.17) is 0 Å². The minimum absolute atomic E-state index is 0.0255. The van der Waals surface area contributed by atoms with Crippen LogP contribution in [0.25, 0.3) is 22.3 Å². The maximum atomic E-state index is 3.64. The third kappa shape index (κ3) is 3.44. The van der Waals surface area contributed by atoms with Gasteiger partial charge in [0.2, 0.25) is 0 Å². The van der Waals surface area contributed by atoms with E-state index in [1.54, 1.807) is 5.56 Å². The number of hydrogen-bond acceptors (Lipinski definition) is 1. The number of rotatable bonds is 4. The zero-order valence-corrected chi connectivity index (χ0v) is 20.7. The standard InChI is InChI=1S/C34H33N/c1-34(2)32-6-4-3-5-29(32)30-18-17-28(21-33(30)34)35-27-15-13-24(14-16-27)23-9-11-25(12-10-23)31-20-22-7-8-26(31)19-22/h3-6,9-18,21-22,26,31,35H,7-8,19-20H2,1-2H3. The van der Waals surface area contributed by atoms with Gasteiger partial charge in [0.25, 0.3) is 0 Å². The van der Waals surface area contributed by atoms with Crippen molar-refractivity contribution in [3.8, 4) is 22.3 Å². The summed E-state index contributed by atoms with van der Waals surface area (Å²) >= 11 is 0. The van der Waals surface area contributed by atoms with Crippen molar-refractivity contribution in [1.29, 1.82) is 0 Å². The first-order valence-corrected chi connectivity index (χ1v) is 13.3. The van der Waals surface area contributed by atoms with Gasteiger partial charge in [-0.3, -0.25) is 0 Å². The molecule has 0 spiro atoms. The lowest BCUT2D eigenvalue weighted by Gasteiger charge is -2.22. The van der Waals surface area contributed by atoms with Gasteiger partial charge in [0.15, 0.2) is 0 Å². The molecule has 3 aliphatic rings. The molecule has 2 bridgehead atoms. The second-order valence-corrected chi connectivity index (χ2v) is 11.5. The summed E-state index contributed by atoms with van der Waals surface area (Å²) in [4.78, 5) is 0. The number of hydrogen-bond donors (Lipinski definition) is 1. The Hall–Kier alpha value is -3.32. The lowest BCUT2D eigenvalue weighted by molar-refractivity contribution is 0.420. The van der Waals surface area contributed by atoms with Crippen LogP contribution in [0.5, 0.6) is 0 Å². The quantitative estimate of drug-likeness (QED) is 0.323. The second-order valence-electron chi connectivity index (χ2n) is 11.5. The van der Waals surface area contributed by atoms with Crippen LogP contribution in [0.3, 0.4) is 0 Å². The third-order valence-electron chi connectivity index (χ3n) is 9.17. The van der Waals surface area contributed by atoms with Gasteiger partial charge >= 0.3 is 0 Å². The van der Waals surface area contributed by atoms with E-state index >= 15 is 0 Å².